The lowest BCUT2D eigenvalue weighted by molar-refractivity contribution is 0.102. The van der Waals surface area contributed by atoms with Gasteiger partial charge in [-0.1, -0.05) is 0 Å². The fourth-order valence-corrected chi connectivity index (χ4v) is 2.39. The Bertz CT molecular complexity index is 601. The van der Waals surface area contributed by atoms with Gasteiger partial charge in [0, 0.05) is 14.9 Å². The molecule has 0 unspecified atom stereocenters. The second kappa shape index (κ2) is 6.21. The highest BCUT2D eigenvalue weighted by Gasteiger charge is 2.08. The number of carbonyl (C=O) groups excluding carboxylic acids is 1. The van der Waals surface area contributed by atoms with Crippen LogP contribution in [0.3, 0.4) is 0 Å². The lowest BCUT2D eigenvalue weighted by atomic mass is 10.2. The van der Waals surface area contributed by atoms with Gasteiger partial charge in [0.25, 0.3) is 5.91 Å². The van der Waals surface area contributed by atoms with Crippen molar-refractivity contribution in [2.75, 3.05) is 11.6 Å². The maximum Gasteiger partial charge on any atom is 0.255 e. The van der Waals surface area contributed by atoms with Gasteiger partial charge in [-0.3, -0.25) is 4.79 Å². The Balaban J connectivity index is 2.15. The number of hydrogen-bond acceptors (Lipinski definition) is 2. The smallest absolute Gasteiger partial charge is 0.255 e. The molecule has 0 fully saturated rings. The Morgan fingerprint density at radius 2 is 1.89 bits per heavy atom. The molecule has 98 valence electrons. The van der Waals surface area contributed by atoms with Crippen LogP contribution in [0.5, 0.6) is 0 Å². The van der Waals surface area contributed by atoms with Crippen LogP contribution in [-0.2, 0) is 0 Å². The summed E-state index contributed by atoms with van der Waals surface area (Å²) in [4.78, 5) is 13.1. The van der Waals surface area contributed by atoms with Crippen molar-refractivity contribution in [3.05, 3.63) is 58.3 Å². The highest BCUT2D eigenvalue weighted by atomic mass is 79.9. The summed E-state index contributed by atoms with van der Waals surface area (Å²) in [7, 11) is 0. The molecule has 2 aromatic rings. The molecule has 0 saturated heterocycles. The molecule has 0 aliphatic rings. The second-order valence-electron chi connectivity index (χ2n) is 3.81. The van der Waals surface area contributed by atoms with Crippen molar-refractivity contribution in [3.63, 3.8) is 0 Å². The molecular weight excluding hydrogens is 329 g/mol. The topological polar surface area (TPSA) is 29.1 Å². The lowest BCUT2D eigenvalue weighted by Gasteiger charge is -2.07. The second-order valence-corrected chi connectivity index (χ2v) is 5.54. The number of rotatable bonds is 3. The summed E-state index contributed by atoms with van der Waals surface area (Å²) in [6, 6.07) is 11.4. The largest absolute Gasteiger partial charge is 0.321 e. The fraction of sp³-hybridized carbons (Fsp3) is 0.0714. The third-order valence-electron chi connectivity index (χ3n) is 2.53. The summed E-state index contributed by atoms with van der Waals surface area (Å²) in [5.41, 5.74) is 1.11. The van der Waals surface area contributed by atoms with Crippen molar-refractivity contribution in [2.24, 2.45) is 0 Å². The van der Waals surface area contributed by atoms with E-state index in [1.165, 1.54) is 18.2 Å². The van der Waals surface area contributed by atoms with Crippen molar-refractivity contribution in [2.45, 2.75) is 4.90 Å². The zero-order valence-electron chi connectivity index (χ0n) is 10.1. The van der Waals surface area contributed by atoms with E-state index in [4.69, 9.17) is 0 Å². The van der Waals surface area contributed by atoms with Crippen LogP contribution in [0.4, 0.5) is 10.1 Å². The number of halogens is 2. The fourth-order valence-electron chi connectivity index (χ4n) is 1.53. The first-order chi connectivity index (χ1) is 9.10. The van der Waals surface area contributed by atoms with Crippen molar-refractivity contribution >= 4 is 39.3 Å². The molecule has 5 heteroatoms. The van der Waals surface area contributed by atoms with Gasteiger partial charge in [-0.25, -0.2) is 4.39 Å². The summed E-state index contributed by atoms with van der Waals surface area (Å²) < 4.78 is 13.5. The molecule has 19 heavy (non-hydrogen) atoms. The minimum atomic E-state index is -0.353. The van der Waals surface area contributed by atoms with Gasteiger partial charge in [0.05, 0.1) is 5.69 Å². The Hall–Kier alpha value is -1.33. The predicted molar refractivity (Wildman–Crippen MR) is 80.3 cm³/mol. The van der Waals surface area contributed by atoms with Crippen molar-refractivity contribution in [3.8, 4) is 0 Å². The van der Waals surface area contributed by atoms with Crippen LogP contribution in [0.25, 0.3) is 0 Å². The minimum absolute atomic E-state index is 0.222. The molecule has 2 aromatic carbocycles. The standard InChI is InChI=1S/C14H11BrFNOS/c1-19-11-5-2-9(3-6-11)14(18)17-13-7-4-10(16)8-12(13)15/h2-8H,1H3,(H,17,18). The van der Waals surface area contributed by atoms with Crippen LogP contribution in [-0.4, -0.2) is 12.2 Å². The molecule has 2 nitrogen and oxygen atoms in total. The maximum atomic E-state index is 12.9. The molecule has 0 aliphatic heterocycles. The SMILES string of the molecule is CSc1ccc(C(=O)Nc2ccc(F)cc2Br)cc1. The number of benzene rings is 2. The van der Waals surface area contributed by atoms with Crippen LogP contribution in [0.15, 0.2) is 51.8 Å². The molecule has 1 N–H and O–H groups in total. The van der Waals surface area contributed by atoms with Gasteiger partial charge in [-0.05, 0) is 64.7 Å². The Morgan fingerprint density at radius 1 is 1.21 bits per heavy atom. The highest BCUT2D eigenvalue weighted by molar-refractivity contribution is 9.10. The first kappa shape index (κ1) is 14.1. The average molecular weight is 340 g/mol. The summed E-state index contributed by atoms with van der Waals surface area (Å²) in [6.45, 7) is 0. The van der Waals surface area contributed by atoms with E-state index in [2.05, 4.69) is 21.2 Å². The maximum absolute atomic E-state index is 12.9. The van der Waals surface area contributed by atoms with Gasteiger partial charge in [0.15, 0.2) is 0 Å². The third kappa shape index (κ3) is 3.58. The Labute approximate surface area is 123 Å². The van der Waals surface area contributed by atoms with Gasteiger partial charge < -0.3 is 5.32 Å². The van der Waals surface area contributed by atoms with Crippen molar-refractivity contribution in [1.82, 2.24) is 0 Å². The van der Waals surface area contributed by atoms with E-state index in [0.717, 1.165) is 4.90 Å². The summed E-state index contributed by atoms with van der Waals surface area (Å²) >= 11 is 4.83. The number of thioether (sulfide) groups is 1. The monoisotopic (exact) mass is 339 g/mol. The molecule has 0 aliphatic carbocycles. The number of anilines is 1. The molecule has 0 bridgehead atoms. The van der Waals surface area contributed by atoms with Crippen LogP contribution in [0, 0.1) is 5.82 Å². The summed E-state index contributed by atoms with van der Waals surface area (Å²) in [6.07, 6.45) is 1.98. The zero-order valence-corrected chi connectivity index (χ0v) is 12.5. The molecule has 0 radical (unpaired) electrons. The van der Waals surface area contributed by atoms with E-state index < -0.39 is 0 Å². The van der Waals surface area contributed by atoms with Crippen LogP contribution >= 0.6 is 27.7 Å². The van der Waals surface area contributed by atoms with Crippen LogP contribution in [0.2, 0.25) is 0 Å². The van der Waals surface area contributed by atoms with Crippen molar-refractivity contribution in [1.29, 1.82) is 0 Å². The average Bonchev–Trinajstić information content (AvgIpc) is 2.42. The molecule has 0 heterocycles. The van der Waals surface area contributed by atoms with E-state index in [9.17, 15) is 9.18 Å². The molecule has 0 spiro atoms. The quantitative estimate of drug-likeness (QED) is 0.830. The molecule has 1 amide bonds. The Morgan fingerprint density at radius 3 is 2.47 bits per heavy atom. The first-order valence-electron chi connectivity index (χ1n) is 5.50. The van der Waals surface area contributed by atoms with E-state index in [1.807, 2.05) is 18.4 Å². The zero-order chi connectivity index (χ0) is 13.8. The molecular formula is C14H11BrFNOS. The minimum Gasteiger partial charge on any atom is -0.321 e. The molecule has 0 atom stereocenters. The predicted octanol–water partition coefficient (Wildman–Crippen LogP) is 4.56. The van der Waals surface area contributed by atoms with Gasteiger partial charge in [0.2, 0.25) is 0 Å². The van der Waals surface area contributed by atoms with Gasteiger partial charge in [0.1, 0.15) is 5.82 Å². The third-order valence-corrected chi connectivity index (χ3v) is 3.93. The highest BCUT2D eigenvalue weighted by Crippen LogP contribution is 2.24. The number of amides is 1. The number of hydrogen-bond donors (Lipinski definition) is 1. The lowest BCUT2D eigenvalue weighted by Crippen LogP contribution is -2.12. The molecule has 2 rings (SSSR count). The van der Waals surface area contributed by atoms with E-state index >= 15 is 0 Å². The number of carbonyl (C=O) groups is 1. The van der Waals surface area contributed by atoms with Gasteiger partial charge in [-0.2, -0.15) is 0 Å². The molecule has 0 aromatic heterocycles. The van der Waals surface area contributed by atoms with E-state index in [-0.39, 0.29) is 11.7 Å². The van der Waals surface area contributed by atoms with Crippen LogP contribution in [0.1, 0.15) is 10.4 Å². The van der Waals surface area contributed by atoms with E-state index in [1.54, 1.807) is 23.9 Å². The van der Waals surface area contributed by atoms with Crippen LogP contribution < -0.4 is 5.32 Å². The van der Waals surface area contributed by atoms with Crippen molar-refractivity contribution < 1.29 is 9.18 Å². The summed E-state index contributed by atoms with van der Waals surface area (Å²) in [5, 5.41) is 2.73. The van der Waals surface area contributed by atoms with Gasteiger partial charge >= 0.3 is 0 Å². The van der Waals surface area contributed by atoms with Gasteiger partial charge in [-0.15, -0.1) is 11.8 Å². The Kier molecular flexibility index (Phi) is 4.61. The normalized spacial score (nSPS) is 10.3. The van der Waals surface area contributed by atoms with E-state index in [0.29, 0.717) is 15.7 Å². The molecule has 0 saturated carbocycles. The first-order valence-corrected chi connectivity index (χ1v) is 7.52. The number of nitrogens with one attached hydrogen (secondary N) is 1. The summed E-state index contributed by atoms with van der Waals surface area (Å²) in [5.74, 6) is -0.575.